The van der Waals surface area contributed by atoms with E-state index in [2.05, 4.69) is 20.6 Å². The summed E-state index contributed by atoms with van der Waals surface area (Å²) in [6.07, 6.45) is 0.693. The molecule has 2 aromatic carbocycles. The van der Waals surface area contributed by atoms with Crippen LogP contribution in [0.4, 0.5) is 0 Å². The Labute approximate surface area is 218 Å². The van der Waals surface area contributed by atoms with Crippen molar-refractivity contribution in [2.45, 2.75) is 52.9 Å². The standard InChI is InChI=1S/C27H30N8O3/c1-5-15-33-26(36)23-25(35(27(33)37)17(3)38-4)28-22(6-2)34(23)16-18-11-13-19(14-12-18)20-9-7-8-10-21(20)24-29-31-32-30-24/h7-14,17H,5-6,15-16H2,1-4H3,(H,29,30,31,32). The van der Waals surface area contributed by atoms with E-state index < -0.39 is 11.9 Å². The number of imidazole rings is 1. The molecule has 3 heterocycles. The second-order valence-electron chi connectivity index (χ2n) is 9.08. The molecule has 3 aromatic heterocycles. The van der Waals surface area contributed by atoms with Crippen LogP contribution in [0.1, 0.15) is 44.8 Å². The second-order valence-corrected chi connectivity index (χ2v) is 9.08. The number of rotatable bonds is 9. The van der Waals surface area contributed by atoms with Gasteiger partial charge in [-0.15, -0.1) is 5.10 Å². The van der Waals surface area contributed by atoms with E-state index in [1.165, 1.54) is 16.2 Å². The molecule has 0 fully saturated rings. The van der Waals surface area contributed by atoms with Crippen molar-refractivity contribution in [3.05, 3.63) is 80.8 Å². The van der Waals surface area contributed by atoms with Gasteiger partial charge in [-0.25, -0.2) is 19.4 Å². The van der Waals surface area contributed by atoms with Crippen LogP contribution >= 0.6 is 0 Å². The smallest absolute Gasteiger partial charge is 0.334 e. The van der Waals surface area contributed by atoms with E-state index in [0.717, 1.165) is 28.1 Å². The molecule has 0 spiro atoms. The number of aromatic nitrogens is 8. The topological polar surface area (TPSA) is 126 Å². The highest BCUT2D eigenvalue weighted by Gasteiger charge is 2.23. The molecule has 0 saturated carbocycles. The van der Waals surface area contributed by atoms with E-state index in [-0.39, 0.29) is 5.56 Å². The Bertz CT molecular complexity index is 1680. The maximum absolute atomic E-state index is 13.6. The lowest BCUT2D eigenvalue weighted by Gasteiger charge is -2.16. The Kier molecular flexibility index (Phi) is 7.01. The molecule has 11 nitrogen and oxygen atoms in total. The SMILES string of the molecule is CCCn1c(=O)c2c(nc(CC)n2Cc2ccc(-c3ccccc3-c3nnn[nH]3)cc2)n(C(C)OC)c1=O. The van der Waals surface area contributed by atoms with Crippen molar-refractivity contribution in [3.8, 4) is 22.5 Å². The summed E-state index contributed by atoms with van der Waals surface area (Å²) in [4.78, 5) is 31.5. The van der Waals surface area contributed by atoms with Crippen LogP contribution in [0.3, 0.4) is 0 Å². The minimum absolute atomic E-state index is 0.325. The molecule has 196 valence electrons. The third kappa shape index (κ3) is 4.34. The third-order valence-corrected chi connectivity index (χ3v) is 6.74. The van der Waals surface area contributed by atoms with Crippen LogP contribution in [0.2, 0.25) is 0 Å². The fourth-order valence-corrected chi connectivity index (χ4v) is 4.78. The average Bonchev–Trinajstić information content (AvgIpc) is 3.60. The molecule has 5 aromatic rings. The Morgan fingerprint density at radius 1 is 1.00 bits per heavy atom. The number of nitrogens with zero attached hydrogens (tertiary/aromatic N) is 7. The fourth-order valence-electron chi connectivity index (χ4n) is 4.78. The summed E-state index contributed by atoms with van der Waals surface area (Å²) in [6, 6.07) is 16.1. The molecule has 11 heteroatoms. The van der Waals surface area contributed by atoms with E-state index in [4.69, 9.17) is 9.72 Å². The fraction of sp³-hybridized carbons (Fsp3) is 0.333. The molecule has 0 aliphatic heterocycles. The molecular weight excluding hydrogens is 484 g/mol. The van der Waals surface area contributed by atoms with E-state index in [1.807, 2.05) is 66.9 Å². The Balaban J connectivity index is 1.59. The first kappa shape index (κ1) is 25.3. The molecule has 0 aliphatic carbocycles. The Morgan fingerprint density at radius 3 is 2.37 bits per heavy atom. The van der Waals surface area contributed by atoms with Crippen molar-refractivity contribution in [1.29, 1.82) is 0 Å². The number of nitrogens with one attached hydrogen (secondary N) is 1. The number of hydrogen-bond acceptors (Lipinski definition) is 7. The van der Waals surface area contributed by atoms with Crippen LogP contribution in [-0.4, -0.2) is 46.4 Å². The van der Waals surface area contributed by atoms with Crippen LogP contribution in [0, 0.1) is 0 Å². The van der Waals surface area contributed by atoms with Crippen LogP contribution in [0.15, 0.2) is 58.1 Å². The van der Waals surface area contributed by atoms with Gasteiger partial charge >= 0.3 is 5.69 Å². The predicted octanol–water partition coefficient (Wildman–Crippen LogP) is 3.39. The highest BCUT2D eigenvalue weighted by atomic mass is 16.5. The first-order chi connectivity index (χ1) is 18.5. The minimum atomic E-state index is -0.569. The monoisotopic (exact) mass is 514 g/mol. The molecule has 0 saturated heterocycles. The normalized spacial score (nSPS) is 12.3. The van der Waals surface area contributed by atoms with Gasteiger partial charge in [0.15, 0.2) is 17.0 Å². The zero-order valence-electron chi connectivity index (χ0n) is 21.9. The van der Waals surface area contributed by atoms with E-state index >= 15 is 0 Å². The number of methoxy groups -OCH3 is 1. The van der Waals surface area contributed by atoms with Crippen molar-refractivity contribution >= 4 is 11.2 Å². The number of hydrogen-bond donors (Lipinski definition) is 1. The van der Waals surface area contributed by atoms with E-state index in [0.29, 0.717) is 42.9 Å². The van der Waals surface area contributed by atoms with E-state index in [9.17, 15) is 9.59 Å². The van der Waals surface area contributed by atoms with Gasteiger partial charge in [-0.05, 0) is 40.5 Å². The highest BCUT2D eigenvalue weighted by molar-refractivity contribution is 5.80. The Hall–Kier alpha value is -4.38. The summed E-state index contributed by atoms with van der Waals surface area (Å²) in [5.74, 6) is 1.33. The lowest BCUT2D eigenvalue weighted by molar-refractivity contribution is 0.0585. The minimum Gasteiger partial charge on any atom is -0.361 e. The number of H-pyrrole nitrogens is 1. The first-order valence-corrected chi connectivity index (χ1v) is 12.7. The first-order valence-electron chi connectivity index (χ1n) is 12.7. The molecule has 0 amide bonds. The number of ether oxygens (including phenoxy) is 1. The van der Waals surface area contributed by atoms with Crippen LogP contribution in [-0.2, 0) is 24.2 Å². The van der Waals surface area contributed by atoms with Gasteiger partial charge < -0.3 is 9.30 Å². The van der Waals surface area contributed by atoms with Crippen molar-refractivity contribution in [2.75, 3.05) is 7.11 Å². The molecule has 0 bridgehead atoms. The van der Waals surface area contributed by atoms with Crippen LogP contribution in [0.5, 0.6) is 0 Å². The summed E-state index contributed by atoms with van der Waals surface area (Å²) >= 11 is 0. The molecule has 0 aliphatic rings. The number of aryl methyl sites for hydroxylation is 1. The molecular formula is C27H30N8O3. The predicted molar refractivity (Wildman–Crippen MR) is 144 cm³/mol. The van der Waals surface area contributed by atoms with Gasteiger partial charge in [-0.3, -0.25) is 9.36 Å². The van der Waals surface area contributed by atoms with E-state index in [1.54, 1.807) is 6.92 Å². The zero-order chi connectivity index (χ0) is 26.8. The number of benzene rings is 2. The summed E-state index contributed by atoms with van der Waals surface area (Å²) in [7, 11) is 1.54. The van der Waals surface area contributed by atoms with Crippen molar-refractivity contribution in [2.24, 2.45) is 0 Å². The lowest BCUT2D eigenvalue weighted by Crippen LogP contribution is -2.42. The Morgan fingerprint density at radius 2 is 1.74 bits per heavy atom. The van der Waals surface area contributed by atoms with Gasteiger partial charge in [-0.1, -0.05) is 62.4 Å². The zero-order valence-corrected chi connectivity index (χ0v) is 21.9. The average molecular weight is 515 g/mol. The maximum Gasteiger partial charge on any atom is 0.334 e. The van der Waals surface area contributed by atoms with Gasteiger partial charge in [0, 0.05) is 32.2 Å². The number of tetrazole rings is 1. The van der Waals surface area contributed by atoms with Gasteiger partial charge in [-0.2, -0.15) is 0 Å². The lowest BCUT2D eigenvalue weighted by atomic mass is 9.98. The quantitative estimate of drug-likeness (QED) is 0.320. The third-order valence-electron chi connectivity index (χ3n) is 6.74. The molecule has 1 N–H and O–H groups in total. The summed E-state index contributed by atoms with van der Waals surface area (Å²) < 4.78 is 10.2. The van der Waals surface area contributed by atoms with Crippen molar-refractivity contribution < 1.29 is 4.74 Å². The van der Waals surface area contributed by atoms with Crippen LogP contribution < -0.4 is 11.2 Å². The van der Waals surface area contributed by atoms with Crippen molar-refractivity contribution in [1.82, 2.24) is 39.3 Å². The maximum atomic E-state index is 13.6. The summed E-state index contributed by atoms with van der Waals surface area (Å²) in [6.45, 7) is 6.47. The second kappa shape index (κ2) is 10.5. The molecule has 1 atom stereocenters. The molecule has 0 radical (unpaired) electrons. The van der Waals surface area contributed by atoms with Gasteiger partial charge in [0.25, 0.3) is 5.56 Å². The van der Waals surface area contributed by atoms with Crippen molar-refractivity contribution in [3.63, 3.8) is 0 Å². The molecule has 5 rings (SSSR count). The highest BCUT2D eigenvalue weighted by Crippen LogP contribution is 2.30. The number of fused-ring (bicyclic) bond motifs is 1. The number of aromatic amines is 1. The molecule has 1 unspecified atom stereocenters. The van der Waals surface area contributed by atoms with Gasteiger partial charge in [0.1, 0.15) is 12.1 Å². The summed E-state index contributed by atoms with van der Waals surface area (Å²) in [5, 5.41) is 14.3. The van der Waals surface area contributed by atoms with Crippen LogP contribution in [0.25, 0.3) is 33.7 Å². The van der Waals surface area contributed by atoms with Gasteiger partial charge in [0.05, 0.1) is 0 Å². The van der Waals surface area contributed by atoms with Gasteiger partial charge in [0.2, 0.25) is 0 Å². The summed E-state index contributed by atoms with van der Waals surface area (Å²) in [5.41, 5.74) is 3.94. The molecule has 38 heavy (non-hydrogen) atoms. The largest absolute Gasteiger partial charge is 0.361 e.